The number of amidine groups is 2. The molecule has 1 fully saturated rings. The summed E-state index contributed by atoms with van der Waals surface area (Å²) in [7, 11) is -2.25. The predicted octanol–water partition coefficient (Wildman–Crippen LogP) is 1.93. The van der Waals surface area contributed by atoms with Crippen molar-refractivity contribution in [2.24, 2.45) is 16.1 Å². The van der Waals surface area contributed by atoms with E-state index in [1.165, 1.54) is 16.7 Å². The van der Waals surface area contributed by atoms with Crippen molar-refractivity contribution in [3.63, 3.8) is 0 Å². The molecule has 1 saturated carbocycles. The summed E-state index contributed by atoms with van der Waals surface area (Å²) in [4.78, 5) is 7.62. The first-order valence-electron chi connectivity index (χ1n) is 10.2. The molecule has 0 saturated heterocycles. The number of aliphatic imine (C=N–C) groups is 1. The largest absolute Gasteiger partial charge is 0.504 e. The first-order valence-corrected chi connectivity index (χ1v) is 12.9. The van der Waals surface area contributed by atoms with Crippen molar-refractivity contribution >= 4 is 51.5 Å². The van der Waals surface area contributed by atoms with Gasteiger partial charge in [-0.15, -0.1) is 11.3 Å². The standard InChI is InChI=1S/C21H29N5O3S3/c1-21(2,3)17(13-8-6-5-7-9-13)24-19(25-30)18(22)23-15-12-31-20(16(15)27)32(28,29)26(4)14-10-11-14/h5-9,12,14,17,27,30H,10-11H2,1-4H3,(H2,22,23)(H,24,25)/p+1/t17-/m0/s1. The fraction of sp³-hybridized carbons (Fsp3) is 0.429. The Morgan fingerprint density at radius 2 is 1.97 bits per heavy atom. The van der Waals surface area contributed by atoms with Gasteiger partial charge in [-0.2, -0.15) is 4.31 Å². The number of nitrogens with zero attached hydrogens (tertiary/aromatic N) is 2. The van der Waals surface area contributed by atoms with Crippen molar-refractivity contribution in [3.8, 4) is 5.75 Å². The smallest absolute Gasteiger partial charge is 0.322 e. The SMILES string of the molecule is CN(C1CC1)S(=O)(=O)c1scc(N=C(N)C(NS)=[NH+][C@@H](c2ccccc2)C(C)(C)C)c1O. The van der Waals surface area contributed by atoms with Crippen LogP contribution < -0.4 is 15.4 Å². The Labute approximate surface area is 198 Å². The minimum Gasteiger partial charge on any atom is -0.504 e. The lowest BCUT2D eigenvalue weighted by Crippen LogP contribution is -2.81. The van der Waals surface area contributed by atoms with Crippen molar-refractivity contribution in [2.75, 3.05) is 7.05 Å². The lowest BCUT2D eigenvalue weighted by molar-refractivity contribution is -0.529. The number of benzene rings is 1. The predicted molar refractivity (Wildman–Crippen MR) is 132 cm³/mol. The fourth-order valence-corrected chi connectivity index (χ4v) is 6.27. The Hall–Kier alpha value is -2.08. The van der Waals surface area contributed by atoms with E-state index >= 15 is 0 Å². The molecule has 1 aliphatic carbocycles. The average Bonchev–Trinajstić information content (AvgIpc) is 3.51. The highest BCUT2D eigenvalue weighted by Gasteiger charge is 2.38. The number of aromatic hydroxyl groups is 1. The van der Waals surface area contributed by atoms with Crippen LogP contribution in [0.5, 0.6) is 5.75 Å². The summed E-state index contributed by atoms with van der Waals surface area (Å²) in [5.74, 6) is -0.0145. The topological polar surface area (TPSA) is 122 Å². The van der Waals surface area contributed by atoms with Crippen LogP contribution in [0.1, 0.15) is 45.2 Å². The molecular formula is C21H30N5O3S3+. The second kappa shape index (κ2) is 9.42. The Morgan fingerprint density at radius 1 is 1.34 bits per heavy atom. The molecule has 0 bridgehead atoms. The van der Waals surface area contributed by atoms with Gasteiger partial charge >= 0.3 is 5.84 Å². The number of sulfonamides is 1. The van der Waals surface area contributed by atoms with Crippen LogP contribution in [-0.2, 0) is 10.0 Å². The summed E-state index contributed by atoms with van der Waals surface area (Å²) in [6.45, 7) is 6.29. The number of hydrogen-bond acceptors (Lipinski definition) is 6. The summed E-state index contributed by atoms with van der Waals surface area (Å²) in [6.07, 6.45) is 1.65. The van der Waals surface area contributed by atoms with Gasteiger partial charge in [-0.3, -0.25) is 4.99 Å². The Morgan fingerprint density at radius 3 is 2.50 bits per heavy atom. The molecular weight excluding hydrogens is 466 g/mol. The van der Waals surface area contributed by atoms with Crippen LogP contribution in [0.25, 0.3) is 0 Å². The molecule has 1 aromatic carbocycles. The molecule has 3 rings (SSSR count). The van der Waals surface area contributed by atoms with E-state index < -0.39 is 15.8 Å². The van der Waals surface area contributed by atoms with Crippen molar-refractivity contribution < 1.29 is 18.5 Å². The van der Waals surface area contributed by atoms with Gasteiger partial charge in [-0.1, -0.05) is 51.1 Å². The summed E-state index contributed by atoms with van der Waals surface area (Å²) in [6, 6.07) is 9.78. The van der Waals surface area contributed by atoms with Crippen LogP contribution in [0.15, 0.2) is 44.9 Å². The highest BCUT2D eigenvalue weighted by atomic mass is 32.2. The van der Waals surface area contributed by atoms with Crippen LogP contribution in [-0.4, -0.2) is 42.6 Å². The second-order valence-electron chi connectivity index (χ2n) is 8.85. The molecule has 1 aliphatic rings. The molecule has 5 N–H and O–H groups in total. The molecule has 11 heteroatoms. The molecule has 0 spiro atoms. The lowest BCUT2D eigenvalue weighted by Gasteiger charge is -2.26. The van der Waals surface area contributed by atoms with Crippen LogP contribution in [0.4, 0.5) is 5.69 Å². The molecule has 1 heterocycles. The molecule has 32 heavy (non-hydrogen) atoms. The Balaban J connectivity index is 1.95. The van der Waals surface area contributed by atoms with Gasteiger partial charge in [0.15, 0.2) is 9.96 Å². The van der Waals surface area contributed by atoms with Gasteiger partial charge < -0.3 is 10.8 Å². The van der Waals surface area contributed by atoms with E-state index in [0.717, 1.165) is 29.7 Å². The molecule has 8 nitrogen and oxygen atoms in total. The Bertz CT molecular complexity index is 1120. The molecule has 0 radical (unpaired) electrons. The van der Waals surface area contributed by atoms with E-state index in [-0.39, 0.29) is 33.2 Å². The van der Waals surface area contributed by atoms with Crippen LogP contribution in [0.3, 0.4) is 0 Å². The van der Waals surface area contributed by atoms with E-state index in [1.807, 2.05) is 30.3 Å². The van der Waals surface area contributed by atoms with Crippen molar-refractivity contribution in [2.45, 2.75) is 49.9 Å². The summed E-state index contributed by atoms with van der Waals surface area (Å²) < 4.78 is 29.5. The van der Waals surface area contributed by atoms with Crippen LogP contribution >= 0.6 is 24.2 Å². The Kier molecular flexibility index (Phi) is 7.23. The van der Waals surface area contributed by atoms with Gasteiger partial charge in [0.2, 0.25) is 5.84 Å². The number of thiol groups is 1. The molecule has 0 unspecified atom stereocenters. The van der Waals surface area contributed by atoms with Crippen molar-refractivity contribution in [3.05, 3.63) is 41.3 Å². The molecule has 1 aromatic heterocycles. The molecule has 0 amide bonds. The number of rotatable bonds is 6. The third-order valence-corrected chi connectivity index (χ3v) is 8.90. The number of nitrogens with one attached hydrogen (secondary N) is 2. The second-order valence-corrected chi connectivity index (χ2v) is 12.1. The maximum absolute atomic E-state index is 12.8. The van der Waals surface area contributed by atoms with Gasteiger partial charge in [-0.05, 0) is 18.4 Å². The number of hydrogen-bond donors (Lipinski definition) is 5. The summed E-state index contributed by atoms with van der Waals surface area (Å²) in [5.41, 5.74) is 7.19. The fourth-order valence-electron chi connectivity index (χ4n) is 3.29. The maximum atomic E-state index is 12.8. The first kappa shape index (κ1) is 24.6. The summed E-state index contributed by atoms with van der Waals surface area (Å²) in [5, 5.41) is 12.1. The third kappa shape index (κ3) is 5.28. The van der Waals surface area contributed by atoms with Gasteiger partial charge in [0.1, 0.15) is 11.7 Å². The quantitative estimate of drug-likeness (QED) is 0.238. The molecule has 1 atom stereocenters. The monoisotopic (exact) mass is 496 g/mol. The van der Waals surface area contributed by atoms with E-state index in [4.69, 9.17) is 5.73 Å². The zero-order valence-electron chi connectivity index (χ0n) is 18.5. The van der Waals surface area contributed by atoms with Crippen molar-refractivity contribution in [1.29, 1.82) is 0 Å². The van der Waals surface area contributed by atoms with Crippen molar-refractivity contribution in [1.82, 2.24) is 9.03 Å². The lowest BCUT2D eigenvalue weighted by atomic mass is 9.83. The highest BCUT2D eigenvalue weighted by Crippen LogP contribution is 2.42. The van der Waals surface area contributed by atoms with Crippen LogP contribution in [0.2, 0.25) is 0 Å². The minimum absolute atomic E-state index is 0.0108. The van der Waals surface area contributed by atoms with E-state index in [1.54, 1.807) is 0 Å². The highest BCUT2D eigenvalue weighted by molar-refractivity contribution is 7.91. The number of nitrogens with two attached hydrogens (primary N) is 1. The molecule has 2 aromatic rings. The summed E-state index contributed by atoms with van der Waals surface area (Å²) >= 11 is 5.09. The van der Waals surface area contributed by atoms with Gasteiger partial charge in [0, 0.05) is 36.7 Å². The van der Waals surface area contributed by atoms with Crippen LogP contribution in [0, 0.1) is 5.41 Å². The van der Waals surface area contributed by atoms with Gasteiger partial charge in [0.25, 0.3) is 10.0 Å². The van der Waals surface area contributed by atoms with E-state index in [0.29, 0.717) is 5.84 Å². The van der Waals surface area contributed by atoms with Gasteiger partial charge in [0.05, 0.1) is 0 Å². The number of thiophene rings is 1. The maximum Gasteiger partial charge on any atom is 0.322 e. The minimum atomic E-state index is -3.78. The van der Waals surface area contributed by atoms with E-state index in [9.17, 15) is 13.5 Å². The molecule has 174 valence electrons. The van der Waals surface area contributed by atoms with Gasteiger partial charge in [-0.25, -0.2) is 18.1 Å². The normalized spacial score (nSPS) is 16.9. The zero-order valence-corrected chi connectivity index (χ0v) is 21.1. The molecule has 0 aliphatic heterocycles. The zero-order chi connectivity index (χ0) is 23.7. The van der Waals surface area contributed by atoms with E-state index in [2.05, 4.69) is 48.3 Å². The third-order valence-electron chi connectivity index (χ3n) is 5.28. The first-order chi connectivity index (χ1) is 15.0. The average molecular weight is 497 g/mol.